The normalized spacial score (nSPS) is 10.9. The van der Waals surface area contributed by atoms with Crippen LogP contribution in [0.2, 0.25) is 0 Å². The van der Waals surface area contributed by atoms with E-state index in [2.05, 4.69) is 11.7 Å². The van der Waals surface area contributed by atoms with Gasteiger partial charge in [-0.05, 0) is 36.1 Å². The quantitative estimate of drug-likeness (QED) is 0.322. The molecular formula is C25H30O4. The molecule has 0 heterocycles. The van der Waals surface area contributed by atoms with Crippen LogP contribution in [0.25, 0.3) is 12.2 Å². The number of benzene rings is 2. The smallest absolute Gasteiger partial charge is 0.331 e. The summed E-state index contributed by atoms with van der Waals surface area (Å²) in [6.45, 7) is 2.15. The van der Waals surface area contributed by atoms with Crippen molar-refractivity contribution in [3.05, 3.63) is 83.4 Å². The third-order valence-electron chi connectivity index (χ3n) is 4.13. The number of carboxylic acids is 1. The van der Waals surface area contributed by atoms with Gasteiger partial charge in [-0.25, -0.2) is 9.59 Å². The first-order chi connectivity index (χ1) is 14.1. The van der Waals surface area contributed by atoms with Crippen LogP contribution in [-0.2, 0) is 14.3 Å². The van der Waals surface area contributed by atoms with Gasteiger partial charge >= 0.3 is 11.9 Å². The minimum Gasteiger partial charge on any atom is -0.478 e. The standard InChI is InChI=1S/C15H20O2.C10H10O2/c1-2-3-4-8-11-14(15(16)17)12-13-9-6-5-7-10-13;1-12-10(11)8-7-9-5-3-2-4-6-9/h5-7,9-10,12H,2-4,8,11H2,1H3,(H,16,17);2-8H,1H3/b14-12+;. The third-order valence-corrected chi connectivity index (χ3v) is 4.13. The Kier molecular flexibility index (Phi) is 12.2. The van der Waals surface area contributed by atoms with Crippen molar-refractivity contribution in [2.45, 2.75) is 39.0 Å². The monoisotopic (exact) mass is 394 g/mol. The number of ether oxygens (including phenoxy) is 1. The molecule has 29 heavy (non-hydrogen) atoms. The largest absolute Gasteiger partial charge is 0.478 e. The van der Waals surface area contributed by atoms with Crippen molar-refractivity contribution in [1.82, 2.24) is 0 Å². The van der Waals surface area contributed by atoms with Crippen LogP contribution < -0.4 is 0 Å². The molecule has 0 spiro atoms. The van der Waals surface area contributed by atoms with Gasteiger partial charge in [-0.15, -0.1) is 0 Å². The maximum atomic E-state index is 11.1. The van der Waals surface area contributed by atoms with Gasteiger partial charge in [0.15, 0.2) is 0 Å². The van der Waals surface area contributed by atoms with Gasteiger partial charge in [0.25, 0.3) is 0 Å². The Morgan fingerprint density at radius 1 is 0.897 bits per heavy atom. The average Bonchev–Trinajstić information content (AvgIpc) is 2.76. The molecule has 0 bridgehead atoms. The molecule has 0 aromatic heterocycles. The fraction of sp³-hybridized carbons (Fsp3) is 0.280. The van der Waals surface area contributed by atoms with E-state index in [1.165, 1.54) is 26.0 Å². The first-order valence-electron chi connectivity index (χ1n) is 9.86. The van der Waals surface area contributed by atoms with E-state index in [1.807, 2.05) is 60.7 Å². The summed E-state index contributed by atoms with van der Waals surface area (Å²) in [6.07, 6.45) is 9.96. The summed E-state index contributed by atoms with van der Waals surface area (Å²) in [6, 6.07) is 19.2. The van der Waals surface area contributed by atoms with Crippen molar-refractivity contribution in [3.8, 4) is 0 Å². The highest BCUT2D eigenvalue weighted by Gasteiger charge is 2.06. The van der Waals surface area contributed by atoms with Crippen LogP contribution in [0.5, 0.6) is 0 Å². The fourth-order valence-corrected chi connectivity index (χ4v) is 2.53. The van der Waals surface area contributed by atoms with E-state index in [0.29, 0.717) is 12.0 Å². The molecule has 2 aromatic carbocycles. The maximum Gasteiger partial charge on any atom is 0.331 e. The van der Waals surface area contributed by atoms with E-state index in [9.17, 15) is 9.59 Å². The van der Waals surface area contributed by atoms with E-state index in [-0.39, 0.29) is 5.97 Å². The summed E-state index contributed by atoms with van der Waals surface area (Å²) in [4.78, 5) is 21.8. The number of carboxylic acid groups (broad SMARTS) is 1. The molecule has 0 amide bonds. The van der Waals surface area contributed by atoms with Gasteiger partial charge in [0.1, 0.15) is 0 Å². The molecule has 0 aliphatic heterocycles. The zero-order valence-electron chi connectivity index (χ0n) is 17.2. The number of carbonyl (C=O) groups excluding carboxylic acids is 1. The first kappa shape index (κ1) is 23.9. The van der Waals surface area contributed by atoms with Crippen molar-refractivity contribution in [1.29, 1.82) is 0 Å². The van der Waals surface area contributed by atoms with Gasteiger partial charge in [-0.1, -0.05) is 86.8 Å². The molecule has 0 saturated heterocycles. The SMILES string of the molecule is CCCCCC/C(=C\c1ccccc1)C(=O)O.COC(=O)C=Cc1ccccc1. The van der Waals surface area contributed by atoms with Gasteiger partial charge in [0.2, 0.25) is 0 Å². The fourth-order valence-electron chi connectivity index (χ4n) is 2.53. The highest BCUT2D eigenvalue weighted by atomic mass is 16.5. The minimum atomic E-state index is -0.801. The molecule has 0 radical (unpaired) electrons. The number of esters is 1. The number of methoxy groups -OCH3 is 1. The van der Waals surface area contributed by atoms with Crippen LogP contribution in [-0.4, -0.2) is 24.2 Å². The van der Waals surface area contributed by atoms with Crippen molar-refractivity contribution >= 4 is 24.1 Å². The Morgan fingerprint density at radius 3 is 2.00 bits per heavy atom. The van der Waals surface area contributed by atoms with Crippen molar-refractivity contribution in [2.75, 3.05) is 7.11 Å². The third kappa shape index (κ3) is 11.3. The van der Waals surface area contributed by atoms with Crippen LogP contribution in [0.1, 0.15) is 50.2 Å². The number of hydrogen-bond acceptors (Lipinski definition) is 3. The highest BCUT2D eigenvalue weighted by Crippen LogP contribution is 2.14. The molecule has 0 unspecified atom stereocenters. The summed E-state index contributed by atoms with van der Waals surface area (Å²) in [5.74, 6) is -1.13. The predicted molar refractivity (Wildman–Crippen MR) is 118 cm³/mol. The van der Waals surface area contributed by atoms with Gasteiger partial charge in [-0.2, -0.15) is 0 Å². The van der Waals surface area contributed by atoms with Gasteiger partial charge in [0.05, 0.1) is 7.11 Å². The Balaban J connectivity index is 0.000000308. The van der Waals surface area contributed by atoms with Crippen LogP contribution in [0.15, 0.2) is 72.3 Å². The molecule has 154 valence electrons. The summed E-state index contributed by atoms with van der Waals surface area (Å²) < 4.78 is 4.45. The highest BCUT2D eigenvalue weighted by molar-refractivity contribution is 5.92. The molecule has 1 N–H and O–H groups in total. The first-order valence-corrected chi connectivity index (χ1v) is 9.86. The van der Waals surface area contributed by atoms with Gasteiger partial charge < -0.3 is 9.84 Å². The number of aliphatic carboxylic acids is 1. The molecule has 4 heteroatoms. The molecule has 4 nitrogen and oxygen atoms in total. The second-order valence-electron chi connectivity index (χ2n) is 6.46. The number of rotatable bonds is 9. The minimum absolute atomic E-state index is 0.334. The zero-order chi connectivity index (χ0) is 21.3. The van der Waals surface area contributed by atoms with Gasteiger partial charge in [-0.3, -0.25) is 0 Å². The predicted octanol–water partition coefficient (Wildman–Crippen LogP) is 6.00. The maximum absolute atomic E-state index is 11.1. The van der Waals surface area contributed by atoms with Crippen molar-refractivity contribution in [2.24, 2.45) is 0 Å². The molecule has 0 saturated carbocycles. The lowest BCUT2D eigenvalue weighted by Gasteiger charge is -2.02. The Labute approximate surface area is 173 Å². The van der Waals surface area contributed by atoms with E-state index in [4.69, 9.17) is 5.11 Å². The molecule has 2 aromatic rings. The van der Waals surface area contributed by atoms with Crippen LogP contribution >= 0.6 is 0 Å². The van der Waals surface area contributed by atoms with Crippen LogP contribution in [0.4, 0.5) is 0 Å². The zero-order valence-corrected chi connectivity index (χ0v) is 17.2. The van der Waals surface area contributed by atoms with Crippen molar-refractivity contribution < 1.29 is 19.4 Å². The Bertz CT molecular complexity index is 777. The summed E-state index contributed by atoms with van der Waals surface area (Å²) in [7, 11) is 1.36. The van der Waals surface area contributed by atoms with E-state index < -0.39 is 5.97 Å². The summed E-state index contributed by atoms with van der Waals surface area (Å²) >= 11 is 0. The van der Waals surface area contributed by atoms with E-state index in [0.717, 1.165) is 24.0 Å². The van der Waals surface area contributed by atoms with Gasteiger partial charge in [0, 0.05) is 11.6 Å². The summed E-state index contributed by atoms with van der Waals surface area (Å²) in [5, 5.41) is 9.12. The lowest BCUT2D eigenvalue weighted by Crippen LogP contribution is -2.00. The van der Waals surface area contributed by atoms with Crippen LogP contribution in [0.3, 0.4) is 0 Å². The molecule has 0 aliphatic rings. The molecule has 0 aliphatic carbocycles. The van der Waals surface area contributed by atoms with E-state index in [1.54, 1.807) is 12.2 Å². The number of unbranched alkanes of at least 4 members (excludes halogenated alkanes) is 3. The second-order valence-corrected chi connectivity index (χ2v) is 6.46. The molecule has 0 atom stereocenters. The Hall–Kier alpha value is -3.14. The number of hydrogen-bond donors (Lipinski definition) is 1. The lowest BCUT2D eigenvalue weighted by molar-refractivity contribution is -0.135. The molecule has 0 fully saturated rings. The average molecular weight is 395 g/mol. The van der Waals surface area contributed by atoms with E-state index >= 15 is 0 Å². The number of carbonyl (C=O) groups is 2. The Morgan fingerprint density at radius 2 is 1.48 bits per heavy atom. The molecule has 2 rings (SSSR count). The van der Waals surface area contributed by atoms with Crippen LogP contribution in [0, 0.1) is 0 Å². The lowest BCUT2D eigenvalue weighted by atomic mass is 10.0. The molecular weight excluding hydrogens is 364 g/mol. The van der Waals surface area contributed by atoms with Crippen molar-refractivity contribution in [3.63, 3.8) is 0 Å². The summed E-state index contributed by atoms with van der Waals surface area (Å²) in [5.41, 5.74) is 2.45. The second kappa shape index (κ2) is 14.9. The topological polar surface area (TPSA) is 63.6 Å².